The first-order valence-corrected chi connectivity index (χ1v) is 7.51. The highest BCUT2D eigenvalue weighted by Gasteiger charge is 2.41. The minimum absolute atomic E-state index is 0.103. The fourth-order valence-corrected chi connectivity index (χ4v) is 3.51. The van der Waals surface area contributed by atoms with E-state index in [-0.39, 0.29) is 6.54 Å². The van der Waals surface area contributed by atoms with Crippen LogP contribution in [0.5, 0.6) is 0 Å². The Morgan fingerprint density at radius 1 is 1.45 bits per heavy atom. The number of aromatic nitrogens is 2. The molecule has 5 nitrogen and oxygen atoms in total. The van der Waals surface area contributed by atoms with Crippen LogP contribution in [0.15, 0.2) is 17.8 Å². The Bertz CT molecular complexity index is 702. The number of rotatable bonds is 3. The average molecular weight is 330 g/mol. The van der Waals surface area contributed by atoms with E-state index in [1.54, 1.807) is 11.9 Å². The molecule has 1 aliphatic rings. The molecule has 3 heterocycles. The van der Waals surface area contributed by atoms with Gasteiger partial charge >= 0.3 is 6.18 Å². The van der Waals surface area contributed by atoms with E-state index in [2.05, 4.69) is 9.97 Å². The number of alkyl halides is 3. The van der Waals surface area contributed by atoms with E-state index in [0.717, 1.165) is 15.1 Å². The summed E-state index contributed by atoms with van der Waals surface area (Å²) in [5.74, 6) is 0.0651. The summed E-state index contributed by atoms with van der Waals surface area (Å²) in [5.41, 5.74) is 0.763. The van der Waals surface area contributed by atoms with Gasteiger partial charge in [-0.1, -0.05) is 0 Å². The summed E-state index contributed by atoms with van der Waals surface area (Å²) in [6, 6.07) is 1.22. The largest absolute Gasteiger partial charge is 0.406 e. The van der Waals surface area contributed by atoms with Crippen LogP contribution >= 0.6 is 11.3 Å². The van der Waals surface area contributed by atoms with E-state index in [9.17, 15) is 18.0 Å². The Balaban J connectivity index is 1.83. The fourth-order valence-electron chi connectivity index (χ4n) is 2.63. The van der Waals surface area contributed by atoms with Gasteiger partial charge in [-0.2, -0.15) is 13.2 Å². The van der Waals surface area contributed by atoms with Crippen molar-refractivity contribution < 1.29 is 18.0 Å². The Hall–Kier alpha value is -1.90. The number of carbonyl (C=O) groups excluding carboxylic acids is 1. The number of likely N-dealkylation sites (N-methyl/N-ethyl adjacent to an activating group) is 1. The Morgan fingerprint density at radius 3 is 2.95 bits per heavy atom. The highest BCUT2D eigenvalue weighted by molar-refractivity contribution is 7.17. The van der Waals surface area contributed by atoms with Crippen molar-refractivity contribution in [2.75, 3.05) is 25.0 Å². The quantitative estimate of drug-likeness (QED) is 0.866. The highest BCUT2D eigenvalue weighted by atomic mass is 32.1. The van der Waals surface area contributed by atoms with E-state index in [1.807, 2.05) is 11.4 Å². The van der Waals surface area contributed by atoms with Crippen LogP contribution in [0.4, 0.5) is 19.0 Å². The van der Waals surface area contributed by atoms with Crippen LogP contribution in [0, 0.1) is 0 Å². The fraction of sp³-hybridized carbons (Fsp3) is 0.462. The first-order valence-electron chi connectivity index (χ1n) is 6.63. The summed E-state index contributed by atoms with van der Waals surface area (Å²) in [7, 11) is 1.68. The third kappa shape index (κ3) is 2.72. The van der Waals surface area contributed by atoms with E-state index in [4.69, 9.17) is 0 Å². The van der Waals surface area contributed by atoms with Gasteiger partial charge in [-0.05, 0) is 17.9 Å². The topological polar surface area (TPSA) is 49.3 Å². The van der Waals surface area contributed by atoms with Crippen molar-refractivity contribution in [2.24, 2.45) is 0 Å². The van der Waals surface area contributed by atoms with Gasteiger partial charge in [-0.25, -0.2) is 9.97 Å². The molecule has 0 spiro atoms. The number of halogens is 3. The van der Waals surface area contributed by atoms with E-state index < -0.39 is 24.7 Å². The second-order valence-corrected chi connectivity index (χ2v) is 6.04. The number of thiophene rings is 1. The molecule has 0 N–H and O–H groups in total. The number of hydrogen-bond acceptors (Lipinski definition) is 5. The molecule has 1 aliphatic heterocycles. The van der Waals surface area contributed by atoms with E-state index in [0.29, 0.717) is 12.2 Å². The maximum Gasteiger partial charge on any atom is 0.406 e. The van der Waals surface area contributed by atoms with Crippen molar-refractivity contribution in [3.8, 4) is 0 Å². The molecule has 118 valence electrons. The molecule has 1 saturated heterocycles. The second kappa shape index (κ2) is 5.38. The predicted molar refractivity (Wildman–Crippen MR) is 76.9 cm³/mol. The number of anilines is 1. The molecule has 3 rings (SSSR count). The van der Waals surface area contributed by atoms with Crippen LogP contribution in [0.2, 0.25) is 0 Å². The third-order valence-corrected chi connectivity index (χ3v) is 4.56. The molecule has 9 heteroatoms. The lowest BCUT2D eigenvalue weighted by Gasteiger charge is -2.25. The molecular formula is C13H13F3N4OS. The van der Waals surface area contributed by atoms with Gasteiger partial charge in [0.25, 0.3) is 0 Å². The molecule has 0 bridgehead atoms. The van der Waals surface area contributed by atoms with Crippen LogP contribution in [-0.2, 0) is 4.79 Å². The summed E-state index contributed by atoms with van der Waals surface area (Å²) in [4.78, 5) is 23.0. The van der Waals surface area contributed by atoms with Gasteiger partial charge in [0.05, 0.1) is 10.2 Å². The van der Waals surface area contributed by atoms with Gasteiger partial charge in [-0.3, -0.25) is 4.79 Å². The average Bonchev–Trinajstić information content (AvgIpc) is 3.04. The molecule has 2 aromatic rings. The lowest BCUT2D eigenvalue weighted by atomic mass is 10.2. The molecule has 1 fully saturated rings. The van der Waals surface area contributed by atoms with Gasteiger partial charge < -0.3 is 9.80 Å². The monoisotopic (exact) mass is 330 g/mol. The lowest BCUT2D eigenvalue weighted by molar-refractivity contribution is -0.157. The normalized spacial score (nSPS) is 19.2. The van der Waals surface area contributed by atoms with Crippen molar-refractivity contribution in [1.82, 2.24) is 14.9 Å². The van der Waals surface area contributed by atoms with E-state index >= 15 is 0 Å². The number of fused-ring (bicyclic) bond motifs is 1. The minimum Gasteiger partial charge on any atom is -0.346 e. The molecule has 1 atom stereocenters. The molecule has 0 saturated carbocycles. The molecule has 2 aromatic heterocycles. The molecule has 0 radical (unpaired) electrons. The van der Waals surface area contributed by atoms with Crippen molar-refractivity contribution in [3.63, 3.8) is 0 Å². The zero-order chi connectivity index (χ0) is 15.9. The summed E-state index contributed by atoms with van der Waals surface area (Å²) in [5, 5.41) is 1.86. The summed E-state index contributed by atoms with van der Waals surface area (Å²) >= 11 is 1.44. The van der Waals surface area contributed by atoms with Crippen LogP contribution < -0.4 is 4.90 Å². The third-order valence-electron chi connectivity index (χ3n) is 3.67. The predicted octanol–water partition coefficient (Wildman–Crippen LogP) is 2.29. The smallest absolute Gasteiger partial charge is 0.346 e. The molecule has 0 aliphatic carbocycles. The molecular weight excluding hydrogens is 317 g/mol. The zero-order valence-corrected chi connectivity index (χ0v) is 12.5. The summed E-state index contributed by atoms with van der Waals surface area (Å²) < 4.78 is 38.2. The summed E-state index contributed by atoms with van der Waals surface area (Å²) in [6.45, 7) is -1.10. The zero-order valence-electron chi connectivity index (χ0n) is 11.7. The SMILES string of the molecule is CN(c1ncnc2ccsc12)[C@H]1CCN(CC(F)(F)F)C1=O. The second-order valence-electron chi connectivity index (χ2n) is 5.12. The standard InChI is InChI=1S/C13H13F3N4OS/c1-19(11-10-8(3-5-22-10)17-7-18-11)9-2-4-20(12(9)21)6-13(14,15)16/h3,5,7,9H,2,4,6H2,1H3/t9-/m0/s1. The van der Waals surface area contributed by atoms with Crippen LogP contribution in [0.1, 0.15) is 6.42 Å². The number of amides is 1. The van der Waals surface area contributed by atoms with E-state index in [1.165, 1.54) is 17.7 Å². The number of carbonyl (C=O) groups is 1. The first-order chi connectivity index (χ1) is 10.4. The van der Waals surface area contributed by atoms with Gasteiger partial charge in [0.15, 0.2) is 0 Å². The number of likely N-dealkylation sites (tertiary alicyclic amines) is 1. The van der Waals surface area contributed by atoms with Crippen LogP contribution in [-0.4, -0.2) is 53.1 Å². The van der Waals surface area contributed by atoms with Crippen molar-refractivity contribution in [3.05, 3.63) is 17.8 Å². The first kappa shape index (κ1) is 15.0. The Kier molecular flexibility index (Phi) is 3.67. The number of hydrogen-bond donors (Lipinski definition) is 0. The molecule has 1 amide bonds. The Morgan fingerprint density at radius 2 is 2.23 bits per heavy atom. The highest BCUT2D eigenvalue weighted by Crippen LogP contribution is 2.31. The van der Waals surface area contributed by atoms with Gasteiger partial charge in [0.1, 0.15) is 24.7 Å². The van der Waals surface area contributed by atoms with Gasteiger partial charge in [0, 0.05) is 13.6 Å². The minimum atomic E-state index is -4.38. The van der Waals surface area contributed by atoms with Crippen molar-refractivity contribution in [1.29, 1.82) is 0 Å². The van der Waals surface area contributed by atoms with Gasteiger partial charge in [0.2, 0.25) is 5.91 Å². The lowest BCUT2D eigenvalue weighted by Crippen LogP contribution is -2.43. The molecule has 22 heavy (non-hydrogen) atoms. The Labute approximate surface area is 128 Å². The molecule has 0 unspecified atom stereocenters. The van der Waals surface area contributed by atoms with Crippen molar-refractivity contribution in [2.45, 2.75) is 18.6 Å². The maximum absolute atomic E-state index is 12.5. The molecule has 0 aromatic carbocycles. The van der Waals surface area contributed by atoms with Crippen LogP contribution in [0.3, 0.4) is 0 Å². The van der Waals surface area contributed by atoms with Crippen LogP contribution in [0.25, 0.3) is 10.2 Å². The number of nitrogens with zero attached hydrogens (tertiary/aromatic N) is 4. The summed E-state index contributed by atoms with van der Waals surface area (Å²) in [6.07, 6.45) is -2.63. The van der Waals surface area contributed by atoms with Gasteiger partial charge in [-0.15, -0.1) is 11.3 Å². The van der Waals surface area contributed by atoms with Crippen molar-refractivity contribution >= 4 is 33.3 Å². The maximum atomic E-state index is 12.5.